The largest absolute Gasteiger partial charge is 0.396 e. The molecule has 0 saturated heterocycles. The van der Waals surface area contributed by atoms with Gasteiger partial charge in [0.25, 0.3) is 5.91 Å². The van der Waals surface area contributed by atoms with Gasteiger partial charge < -0.3 is 16.4 Å². The molecule has 6 heteroatoms. The Kier molecular flexibility index (Phi) is 3.86. The zero-order valence-electron chi connectivity index (χ0n) is 11.9. The zero-order chi connectivity index (χ0) is 14.3. The van der Waals surface area contributed by atoms with Crippen LogP contribution in [-0.2, 0) is 0 Å². The third-order valence-corrected chi connectivity index (χ3v) is 6.08. The maximum Gasteiger partial charge on any atom is 0.263 e. The van der Waals surface area contributed by atoms with Gasteiger partial charge in [0.1, 0.15) is 9.88 Å². The lowest BCUT2D eigenvalue weighted by Crippen LogP contribution is -2.25. The van der Waals surface area contributed by atoms with Gasteiger partial charge in [-0.25, -0.2) is 0 Å². The molecule has 1 heterocycles. The van der Waals surface area contributed by atoms with Crippen LogP contribution >= 0.6 is 23.1 Å². The van der Waals surface area contributed by atoms with Crippen molar-refractivity contribution in [2.45, 2.75) is 49.6 Å². The lowest BCUT2D eigenvalue weighted by atomic mass is 10.3. The Balaban J connectivity index is 1.77. The monoisotopic (exact) mass is 311 g/mol. The Morgan fingerprint density at radius 1 is 1.50 bits per heavy atom. The van der Waals surface area contributed by atoms with Crippen LogP contribution in [0.2, 0.25) is 0 Å². The highest BCUT2D eigenvalue weighted by Gasteiger charge is 2.36. The smallest absolute Gasteiger partial charge is 0.263 e. The number of carbonyl (C=O) groups is 1. The number of nitrogens with two attached hydrogens (primary N) is 1. The fourth-order valence-corrected chi connectivity index (χ4v) is 4.40. The maximum atomic E-state index is 12.2. The van der Waals surface area contributed by atoms with Crippen LogP contribution in [0.25, 0.3) is 0 Å². The Hall–Kier alpha value is -0.880. The molecule has 0 aliphatic heterocycles. The second kappa shape index (κ2) is 5.48. The molecule has 2 atom stereocenters. The van der Waals surface area contributed by atoms with Crippen molar-refractivity contribution in [2.75, 3.05) is 17.3 Å². The van der Waals surface area contributed by atoms with Gasteiger partial charge in [-0.3, -0.25) is 4.79 Å². The minimum atomic E-state index is -0.0128. The van der Waals surface area contributed by atoms with Gasteiger partial charge in [0, 0.05) is 12.1 Å². The molecular weight excluding hydrogens is 290 g/mol. The van der Waals surface area contributed by atoms with Gasteiger partial charge in [0.05, 0.1) is 10.6 Å². The molecule has 2 saturated carbocycles. The predicted octanol–water partition coefficient (Wildman–Crippen LogP) is 3.15. The molecular formula is C14H21N3OS2. The normalized spacial score (nSPS) is 24.5. The minimum absolute atomic E-state index is 0.0128. The van der Waals surface area contributed by atoms with Crippen LogP contribution < -0.4 is 16.4 Å². The van der Waals surface area contributed by atoms with Gasteiger partial charge in [0.15, 0.2) is 0 Å². The van der Waals surface area contributed by atoms with Crippen LogP contribution in [0.15, 0.2) is 4.90 Å². The van der Waals surface area contributed by atoms with Crippen molar-refractivity contribution < 1.29 is 4.79 Å². The lowest BCUT2D eigenvalue weighted by Gasteiger charge is -2.05. The predicted molar refractivity (Wildman–Crippen MR) is 86.8 cm³/mol. The molecule has 110 valence electrons. The minimum Gasteiger partial charge on any atom is -0.396 e. The summed E-state index contributed by atoms with van der Waals surface area (Å²) in [5, 5.41) is 7.64. The van der Waals surface area contributed by atoms with E-state index in [0.29, 0.717) is 22.6 Å². The van der Waals surface area contributed by atoms with E-state index in [9.17, 15) is 4.79 Å². The SMILES string of the molecule is CCC1CC1Nc1sc(C(=O)NC2CC2)c(N)c1SC. The average molecular weight is 311 g/mol. The Morgan fingerprint density at radius 3 is 2.80 bits per heavy atom. The third kappa shape index (κ3) is 2.76. The van der Waals surface area contributed by atoms with Gasteiger partial charge in [-0.1, -0.05) is 13.3 Å². The van der Waals surface area contributed by atoms with Gasteiger partial charge in [-0.2, -0.15) is 0 Å². The standard InChI is InChI=1S/C14H21N3OS2/c1-3-7-6-9(7)17-14-12(19-2)10(15)11(20-14)13(18)16-8-4-5-8/h7-9,17H,3-6,15H2,1-2H3,(H,16,18). The van der Waals surface area contributed by atoms with Crippen LogP contribution in [0.5, 0.6) is 0 Å². The Labute approximate surface area is 127 Å². The van der Waals surface area contributed by atoms with E-state index in [4.69, 9.17) is 5.73 Å². The summed E-state index contributed by atoms with van der Waals surface area (Å²) in [4.78, 5) is 13.9. The van der Waals surface area contributed by atoms with E-state index in [0.717, 1.165) is 28.7 Å². The second-order valence-electron chi connectivity index (χ2n) is 5.61. The van der Waals surface area contributed by atoms with Crippen LogP contribution in [-0.4, -0.2) is 24.2 Å². The highest BCUT2D eigenvalue weighted by atomic mass is 32.2. The van der Waals surface area contributed by atoms with Gasteiger partial charge in [-0.05, 0) is 31.4 Å². The molecule has 2 fully saturated rings. The van der Waals surface area contributed by atoms with Gasteiger partial charge in [0.2, 0.25) is 0 Å². The first-order chi connectivity index (χ1) is 9.63. The highest BCUT2D eigenvalue weighted by molar-refractivity contribution is 7.99. The summed E-state index contributed by atoms with van der Waals surface area (Å²) >= 11 is 3.12. The summed E-state index contributed by atoms with van der Waals surface area (Å²) in [7, 11) is 0. The van der Waals surface area contributed by atoms with E-state index in [1.807, 2.05) is 6.26 Å². The Morgan fingerprint density at radius 2 is 2.25 bits per heavy atom. The molecule has 0 spiro atoms. The van der Waals surface area contributed by atoms with Crippen molar-refractivity contribution in [1.82, 2.24) is 5.32 Å². The van der Waals surface area contributed by atoms with Crippen molar-refractivity contribution in [3.8, 4) is 0 Å². The molecule has 20 heavy (non-hydrogen) atoms. The molecule has 1 amide bonds. The first kappa shape index (κ1) is 14.1. The number of thiophene rings is 1. The molecule has 2 aliphatic rings. The summed E-state index contributed by atoms with van der Waals surface area (Å²) in [6.07, 6.45) is 6.64. The number of rotatable bonds is 6. The average Bonchev–Trinajstić information content (AvgIpc) is 3.32. The molecule has 4 nitrogen and oxygen atoms in total. The highest BCUT2D eigenvalue weighted by Crippen LogP contribution is 2.45. The summed E-state index contributed by atoms with van der Waals surface area (Å²) in [5.74, 6) is 0.762. The molecule has 2 aliphatic carbocycles. The Bertz CT molecular complexity index is 525. The van der Waals surface area contributed by atoms with E-state index in [2.05, 4.69) is 17.6 Å². The number of hydrogen-bond acceptors (Lipinski definition) is 5. The number of nitrogen functional groups attached to an aromatic ring is 1. The molecule has 0 radical (unpaired) electrons. The van der Waals surface area contributed by atoms with E-state index < -0.39 is 0 Å². The summed E-state index contributed by atoms with van der Waals surface area (Å²) < 4.78 is 0. The molecule has 1 aromatic rings. The number of hydrogen-bond donors (Lipinski definition) is 3. The van der Waals surface area contributed by atoms with Crippen molar-refractivity contribution in [3.05, 3.63) is 4.88 Å². The number of anilines is 2. The lowest BCUT2D eigenvalue weighted by molar-refractivity contribution is 0.0956. The quantitative estimate of drug-likeness (QED) is 0.706. The number of amides is 1. The van der Waals surface area contributed by atoms with E-state index >= 15 is 0 Å². The van der Waals surface area contributed by atoms with Crippen LogP contribution in [0.4, 0.5) is 10.7 Å². The fourth-order valence-electron chi connectivity index (χ4n) is 2.42. The third-order valence-electron chi connectivity index (χ3n) is 3.99. The second-order valence-corrected chi connectivity index (χ2v) is 7.45. The summed E-state index contributed by atoms with van der Waals surface area (Å²) in [5.41, 5.74) is 6.80. The number of nitrogens with one attached hydrogen (secondary N) is 2. The van der Waals surface area contributed by atoms with Crippen molar-refractivity contribution in [1.29, 1.82) is 0 Å². The first-order valence-electron chi connectivity index (χ1n) is 7.17. The number of thioether (sulfide) groups is 1. The van der Waals surface area contributed by atoms with E-state index in [-0.39, 0.29) is 5.91 Å². The van der Waals surface area contributed by atoms with Crippen molar-refractivity contribution in [3.63, 3.8) is 0 Å². The molecule has 0 bridgehead atoms. The molecule has 1 aromatic heterocycles. The summed E-state index contributed by atoms with van der Waals surface area (Å²) in [6.45, 7) is 2.22. The molecule has 3 rings (SSSR count). The van der Waals surface area contributed by atoms with Crippen LogP contribution in [0.1, 0.15) is 42.3 Å². The van der Waals surface area contributed by atoms with Crippen molar-refractivity contribution in [2.24, 2.45) is 5.92 Å². The maximum absolute atomic E-state index is 12.2. The van der Waals surface area contributed by atoms with Crippen molar-refractivity contribution >= 4 is 39.7 Å². The van der Waals surface area contributed by atoms with E-state index in [1.54, 1.807) is 11.8 Å². The fraction of sp³-hybridized carbons (Fsp3) is 0.643. The summed E-state index contributed by atoms with van der Waals surface area (Å²) in [6, 6.07) is 0.925. The zero-order valence-corrected chi connectivity index (χ0v) is 13.5. The van der Waals surface area contributed by atoms with Crippen LogP contribution in [0, 0.1) is 5.92 Å². The topological polar surface area (TPSA) is 67.2 Å². The molecule has 0 aromatic carbocycles. The molecule has 4 N–H and O–H groups in total. The van der Waals surface area contributed by atoms with Gasteiger partial charge in [-0.15, -0.1) is 23.1 Å². The van der Waals surface area contributed by atoms with Gasteiger partial charge >= 0.3 is 0 Å². The molecule has 2 unspecified atom stereocenters. The first-order valence-corrected chi connectivity index (χ1v) is 9.21. The number of carbonyl (C=O) groups excluding carboxylic acids is 1. The van der Waals surface area contributed by atoms with E-state index in [1.165, 1.54) is 24.2 Å². The van der Waals surface area contributed by atoms with Crippen LogP contribution in [0.3, 0.4) is 0 Å².